The highest BCUT2D eigenvalue weighted by atomic mass is 35.5. The Balaban J connectivity index is 0.000000165. The number of hydrogen-bond acceptors (Lipinski definition) is 12. The van der Waals surface area contributed by atoms with Gasteiger partial charge in [-0.1, -0.05) is 33.6 Å². The van der Waals surface area contributed by atoms with Crippen LogP contribution in [0.2, 0.25) is 10.0 Å². The minimum atomic E-state index is -1.12. The third-order valence-electron chi connectivity index (χ3n) is 15.5. The van der Waals surface area contributed by atoms with E-state index in [0.29, 0.717) is 59.0 Å². The first-order chi connectivity index (χ1) is 37.3. The third kappa shape index (κ3) is 9.59. The maximum atomic E-state index is 15.5. The largest absolute Gasteiger partial charge is 0.386 e. The van der Waals surface area contributed by atoms with Crippen molar-refractivity contribution in [3.63, 3.8) is 0 Å². The molecule has 16 nitrogen and oxygen atoms in total. The zero-order valence-corrected chi connectivity index (χ0v) is 46.2. The van der Waals surface area contributed by atoms with Gasteiger partial charge in [-0.2, -0.15) is 0 Å². The zero-order chi connectivity index (χ0) is 54.9. The molecule has 2 saturated heterocycles. The van der Waals surface area contributed by atoms with E-state index >= 15 is 8.78 Å². The number of rotatable bonds is 10. The molecule has 20 heteroatoms. The van der Waals surface area contributed by atoms with Crippen molar-refractivity contribution in [3.8, 4) is 22.5 Å². The summed E-state index contributed by atoms with van der Waals surface area (Å²) < 4.78 is 50.1. The van der Waals surface area contributed by atoms with Crippen molar-refractivity contribution in [2.24, 2.45) is 25.9 Å². The van der Waals surface area contributed by atoms with Crippen molar-refractivity contribution in [2.75, 3.05) is 26.4 Å². The Morgan fingerprint density at radius 3 is 1.29 bits per heavy atom. The van der Waals surface area contributed by atoms with Crippen LogP contribution >= 0.6 is 23.2 Å². The topological polar surface area (TPSA) is 182 Å². The average molecular weight is 1100 g/mol. The summed E-state index contributed by atoms with van der Waals surface area (Å²) in [7, 11) is 3.66. The molecule has 2 unspecified atom stereocenters. The second-order valence-electron chi connectivity index (χ2n) is 21.6. The molecule has 0 spiro atoms. The second kappa shape index (κ2) is 20.8. The van der Waals surface area contributed by atoms with E-state index in [4.69, 9.17) is 42.6 Å². The normalized spacial score (nSPS) is 15.9. The van der Waals surface area contributed by atoms with E-state index in [1.807, 2.05) is 64.3 Å². The van der Waals surface area contributed by atoms with Crippen LogP contribution in [0.25, 0.3) is 66.4 Å². The van der Waals surface area contributed by atoms with Crippen LogP contribution in [0.15, 0.2) is 85.5 Å². The molecule has 10 aromatic rings. The lowest BCUT2D eigenvalue weighted by molar-refractivity contribution is 0.0542. The van der Waals surface area contributed by atoms with E-state index in [1.165, 1.54) is 12.1 Å². The smallest absolute Gasteiger partial charge is 0.146 e. The molecule has 0 amide bonds. The molecular formula is C58H60Cl2F2N12O4. The van der Waals surface area contributed by atoms with Gasteiger partial charge in [0.2, 0.25) is 0 Å². The third-order valence-corrected chi connectivity index (χ3v) is 16.1. The fraction of sp³-hybridized carbons (Fsp3) is 0.379. The molecule has 8 aromatic heterocycles. The molecule has 2 aromatic carbocycles. The first kappa shape index (κ1) is 53.2. The number of aromatic nitrogens is 12. The van der Waals surface area contributed by atoms with E-state index in [-0.39, 0.29) is 23.5 Å². The standard InChI is InChI=1S/2C29H30ClFN6O2/c2*1-16-27(36(4)35-34-16)19-14-23-20(13-21(19)30)25-24(12-18(15-33-25)29(2,3)38)37(23)28(17-7-10-39-11-8-17)26-22(31)6-5-9-32-26/h2*5-6,9,12-15,17,28,38H,7-8,10-11H2,1-4H3. The lowest BCUT2D eigenvalue weighted by atomic mass is 9.88. The molecule has 10 heterocycles. The van der Waals surface area contributed by atoms with Gasteiger partial charge < -0.3 is 28.8 Å². The summed E-state index contributed by atoms with van der Waals surface area (Å²) in [5.41, 5.74) is 9.14. The van der Waals surface area contributed by atoms with Gasteiger partial charge in [-0.15, -0.1) is 10.2 Å². The molecule has 0 radical (unpaired) electrons. The Morgan fingerprint density at radius 2 is 0.962 bits per heavy atom. The number of nitrogens with zero attached hydrogens (tertiary/aromatic N) is 12. The molecule has 0 bridgehead atoms. The summed E-state index contributed by atoms with van der Waals surface area (Å²) in [5, 5.41) is 41.3. The number of fused-ring (bicyclic) bond motifs is 6. The van der Waals surface area contributed by atoms with Gasteiger partial charge in [0.25, 0.3) is 0 Å². The van der Waals surface area contributed by atoms with E-state index < -0.39 is 23.3 Å². The van der Waals surface area contributed by atoms with Crippen LogP contribution in [0.5, 0.6) is 0 Å². The molecule has 2 aliphatic heterocycles. The molecule has 0 saturated carbocycles. The van der Waals surface area contributed by atoms with Crippen LogP contribution in [0.1, 0.15) is 99.4 Å². The van der Waals surface area contributed by atoms with Crippen molar-refractivity contribution >= 4 is 67.1 Å². The minimum Gasteiger partial charge on any atom is -0.386 e. The summed E-state index contributed by atoms with van der Waals surface area (Å²) in [4.78, 5) is 18.7. The van der Waals surface area contributed by atoms with Gasteiger partial charge in [-0.05, 0) is 140 Å². The van der Waals surface area contributed by atoms with Crippen LogP contribution in [0.3, 0.4) is 0 Å². The van der Waals surface area contributed by atoms with Crippen LogP contribution in [0.4, 0.5) is 8.78 Å². The van der Waals surface area contributed by atoms with Crippen molar-refractivity contribution in [1.29, 1.82) is 0 Å². The molecule has 2 atom stereocenters. The Hall–Kier alpha value is -6.80. The predicted octanol–water partition coefficient (Wildman–Crippen LogP) is 11.4. The average Bonchev–Trinajstić information content (AvgIpc) is 4.35. The van der Waals surface area contributed by atoms with Crippen molar-refractivity contribution in [3.05, 3.63) is 141 Å². The Kier molecular flexibility index (Phi) is 14.2. The number of benzene rings is 2. The molecule has 78 heavy (non-hydrogen) atoms. The molecule has 12 rings (SSSR count). The monoisotopic (exact) mass is 1100 g/mol. The van der Waals surface area contributed by atoms with Crippen LogP contribution in [-0.2, 0) is 34.8 Å². The number of aliphatic hydroxyl groups is 2. The predicted molar refractivity (Wildman–Crippen MR) is 296 cm³/mol. The number of pyridine rings is 4. The van der Waals surface area contributed by atoms with Gasteiger partial charge in [0.05, 0.1) is 101 Å². The maximum Gasteiger partial charge on any atom is 0.146 e. The fourth-order valence-corrected chi connectivity index (χ4v) is 12.1. The summed E-state index contributed by atoms with van der Waals surface area (Å²) in [6.07, 6.45) is 9.66. The highest BCUT2D eigenvalue weighted by Gasteiger charge is 2.36. The Morgan fingerprint density at radius 1 is 0.577 bits per heavy atom. The molecular weight excluding hydrogens is 1040 g/mol. The van der Waals surface area contributed by atoms with E-state index in [9.17, 15) is 10.2 Å². The molecule has 2 N–H and O–H groups in total. The van der Waals surface area contributed by atoms with Crippen molar-refractivity contribution in [2.45, 2.75) is 90.5 Å². The highest BCUT2D eigenvalue weighted by molar-refractivity contribution is 6.35. The SMILES string of the molecule is Cc1nnn(C)c1-c1cc2c(cc1Cl)c1ncc(C(C)(C)O)cc1n2C(c1ncccc1F)C1CCOCC1.Cc1nnn(C)c1-c1cc2c(cc1Cl)c1ncc(C(C)(C)O)cc1n2C(c1ncccc1F)C1CCOCC1. The van der Waals surface area contributed by atoms with Crippen LogP contribution in [0, 0.1) is 37.3 Å². The van der Waals surface area contributed by atoms with Gasteiger partial charge in [-0.25, -0.2) is 18.1 Å². The number of hydrogen-bond donors (Lipinski definition) is 2. The van der Waals surface area contributed by atoms with Gasteiger partial charge in [0, 0.05) is 98.3 Å². The number of aryl methyl sites for hydroxylation is 4. The molecule has 2 aliphatic rings. The quantitative estimate of drug-likeness (QED) is 0.132. The fourth-order valence-electron chi connectivity index (χ4n) is 11.5. The highest BCUT2D eigenvalue weighted by Crippen LogP contribution is 2.46. The summed E-state index contributed by atoms with van der Waals surface area (Å²) in [6, 6.07) is 17.0. The van der Waals surface area contributed by atoms with Gasteiger partial charge in [-0.3, -0.25) is 19.9 Å². The van der Waals surface area contributed by atoms with Crippen molar-refractivity contribution in [1.82, 2.24) is 59.1 Å². The van der Waals surface area contributed by atoms with Crippen LogP contribution in [-0.4, -0.2) is 95.7 Å². The molecule has 2 fully saturated rings. The number of ether oxygens (including phenoxy) is 2. The van der Waals surface area contributed by atoms with Crippen molar-refractivity contribution < 1.29 is 28.5 Å². The summed E-state index contributed by atoms with van der Waals surface area (Å²) >= 11 is 13.8. The van der Waals surface area contributed by atoms with Gasteiger partial charge in [0.1, 0.15) is 11.6 Å². The lowest BCUT2D eigenvalue weighted by Crippen LogP contribution is -2.28. The maximum absolute atomic E-state index is 15.5. The minimum absolute atomic E-state index is 0.0620. The van der Waals surface area contributed by atoms with E-state index in [0.717, 1.165) is 103 Å². The first-order valence-corrected chi connectivity index (χ1v) is 26.9. The summed E-state index contributed by atoms with van der Waals surface area (Å²) in [5.74, 6) is -0.605. The van der Waals surface area contributed by atoms with E-state index in [1.54, 1.807) is 74.0 Å². The Labute approximate surface area is 459 Å². The van der Waals surface area contributed by atoms with Crippen LogP contribution < -0.4 is 0 Å². The molecule has 0 aliphatic carbocycles. The van der Waals surface area contributed by atoms with Gasteiger partial charge in [0.15, 0.2) is 0 Å². The molecule has 404 valence electrons. The Bertz CT molecular complexity index is 3610. The first-order valence-electron chi connectivity index (χ1n) is 26.1. The summed E-state index contributed by atoms with van der Waals surface area (Å²) in [6.45, 7) is 13.1. The van der Waals surface area contributed by atoms with Gasteiger partial charge >= 0.3 is 0 Å². The lowest BCUT2D eigenvalue weighted by Gasteiger charge is -2.32. The zero-order valence-electron chi connectivity index (χ0n) is 44.6. The van der Waals surface area contributed by atoms with E-state index in [2.05, 4.69) is 39.7 Å². The number of halogens is 4. The second-order valence-corrected chi connectivity index (χ2v) is 22.4.